The van der Waals surface area contributed by atoms with Crippen LogP contribution in [0.1, 0.15) is 25.0 Å². The van der Waals surface area contributed by atoms with Crippen molar-refractivity contribution in [2.75, 3.05) is 4.90 Å². The highest BCUT2D eigenvalue weighted by atomic mass is 16.3. The van der Waals surface area contributed by atoms with Crippen molar-refractivity contribution in [1.29, 1.82) is 0 Å². The molecule has 0 unspecified atom stereocenters. The van der Waals surface area contributed by atoms with E-state index < -0.39 is 0 Å². The summed E-state index contributed by atoms with van der Waals surface area (Å²) in [7, 11) is 0. The predicted octanol–water partition coefficient (Wildman–Crippen LogP) is 15.0. The van der Waals surface area contributed by atoms with Crippen LogP contribution in [0.5, 0.6) is 0 Å². The van der Waals surface area contributed by atoms with Crippen molar-refractivity contribution in [2.24, 2.45) is 0 Å². The fourth-order valence-corrected chi connectivity index (χ4v) is 9.23. The maximum Gasteiger partial charge on any atom is 0.143 e. The molecule has 0 bridgehead atoms. The number of hydrogen-bond acceptors (Lipinski definition) is 2. The van der Waals surface area contributed by atoms with Crippen molar-refractivity contribution in [1.82, 2.24) is 0 Å². The van der Waals surface area contributed by atoms with Gasteiger partial charge >= 0.3 is 0 Å². The van der Waals surface area contributed by atoms with Gasteiger partial charge in [-0.15, -0.1) is 0 Å². The average molecular weight is 704 g/mol. The molecule has 2 nitrogen and oxygen atoms in total. The second-order valence-corrected chi connectivity index (χ2v) is 15.3. The van der Waals surface area contributed by atoms with E-state index in [1.165, 1.54) is 49.5 Å². The number of nitrogens with zero attached hydrogens (tertiary/aromatic N) is 1. The SMILES string of the molecule is CC1(C)c2ccccc2-c2c(-c3ccccc3N(c3cccc(-c4cccc5oc6c7ccccc7ccc6c45)c3)c3ccc4ccccc4c3)cccc21. The van der Waals surface area contributed by atoms with Crippen molar-refractivity contribution in [3.63, 3.8) is 0 Å². The zero-order valence-corrected chi connectivity index (χ0v) is 30.8. The number of fused-ring (bicyclic) bond motifs is 9. The molecule has 10 aromatic rings. The van der Waals surface area contributed by atoms with Crippen LogP contribution in [0, 0.1) is 0 Å². The van der Waals surface area contributed by atoms with Gasteiger partial charge < -0.3 is 9.32 Å². The van der Waals surface area contributed by atoms with E-state index in [1.807, 2.05) is 0 Å². The predicted molar refractivity (Wildman–Crippen MR) is 232 cm³/mol. The fourth-order valence-electron chi connectivity index (χ4n) is 9.23. The first-order valence-corrected chi connectivity index (χ1v) is 19.1. The molecular formula is C53H37NO. The molecule has 260 valence electrons. The maximum atomic E-state index is 6.62. The van der Waals surface area contributed by atoms with Crippen LogP contribution in [0.4, 0.5) is 17.1 Å². The van der Waals surface area contributed by atoms with Crippen molar-refractivity contribution in [3.05, 3.63) is 199 Å². The lowest BCUT2D eigenvalue weighted by atomic mass is 9.82. The van der Waals surface area contributed by atoms with E-state index >= 15 is 0 Å². The third-order valence-electron chi connectivity index (χ3n) is 11.8. The van der Waals surface area contributed by atoms with Crippen molar-refractivity contribution >= 4 is 60.5 Å². The number of benzene rings is 9. The van der Waals surface area contributed by atoms with Gasteiger partial charge in [-0.3, -0.25) is 0 Å². The van der Waals surface area contributed by atoms with Gasteiger partial charge in [-0.25, -0.2) is 0 Å². The molecule has 0 radical (unpaired) electrons. The van der Waals surface area contributed by atoms with Crippen LogP contribution in [0.15, 0.2) is 192 Å². The van der Waals surface area contributed by atoms with Crippen molar-refractivity contribution in [3.8, 4) is 33.4 Å². The summed E-state index contributed by atoms with van der Waals surface area (Å²) in [5.74, 6) is 0. The van der Waals surface area contributed by atoms with E-state index in [9.17, 15) is 0 Å². The molecule has 1 aliphatic rings. The van der Waals surface area contributed by atoms with Gasteiger partial charge in [0.25, 0.3) is 0 Å². The largest absolute Gasteiger partial charge is 0.455 e. The lowest BCUT2D eigenvalue weighted by Gasteiger charge is -2.29. The highest BCUT2D eigenvalue weighted by Crippen LogP contribution is 2.54. The second-order valence-electron chi connectivity index (χ2n) is 15.3. The fraction of sp³-hybridized carbons (Fsp3) is 0.0566. The first-order chi connectivity index (χ1) is 27.0. The molecule has 0 saturated heterocycles. The molecule has 1 aliphatic carbocycles. The lowest BCUT2D eigenvalue weighted by Crippen LogP contribution is -2.14. The van der Waals surface area contributed by atoms with Crippen LogP contribution in [-0.2, 0) is 5.41 Å². The van der Waals surface area contributed by atoms with Gasteiger partial charge in [-0.1, -0.05) is 159 Å². The Kier molecular flexibility index (Phi) is 6.93. The molecule has 2 heteroatoms. The summed E-state index contributed by atoms with van der Waals surface area (Å²) in [6.45, 7) is 4.71. The number of anilines is 3. The number of hydrogen-bond donors (Lipinski definition) is 0. The highest BCUT2D eigenvalue weighted by Gasteiger charge is 2.37. The summed E-state index contributed by atoms with van der Waals surface area (Å²) in [6.07, 6.45) is 0. The van der Waals surface area contributed by atoms with E-state index in [-0.39, 0.29) is 5.41 Å². The molecule has 0 fully saturated rings. The van der Waals surface area contributed by atoms with Gasteiger partial charge in [0.15, 0.2) is 0 Å². The molecule has 9 aromatic carbocycles. The third-order valence-corrected chi connectivity index (χ3v) is 11.8. The molecule has 0 aliphatic heterocycles. The Balaban J connectivity index is 1.14. The summed E-state index contributed by atoms with van der Waals surface area (Å²) < 4.78 is 6.62. The van der Waals surface area contributed by atoms with E-state index in [2.05, 4.69) is 207 Å². The lowest BCUT2D eigenvalue weighted by molar-refractivity contribution is 0.660. The molecule has 1 aromatic heterocycles. The maximum absolute atomic E-state index is 6.62. The number of para-hydroxylation sites is 1. The summed E-state index contributed by atoms with van der Waals surface area (Å²) in [5.41, 5.74) is 15.2. The van der Waals surface area contributed by atoms with Crippen LogP contribution in [-0.4, -0.2) is 0 Å². The molecule has 0 N–H and O–H groups in total. The first-order valence-electron chi connectivity index (χ1n) is 19.1. The van der Waals surface area contributed by atoms with Crippen LogP contribution >= 0.6 is 0 Å². The smallest absolute Gasteiger partial charge is 0.143 e. The molecule has 55 heavy (non-hydrogen) atoms. The molecule has 0 spiro atoms. The van der Waals surface area contributed by atoms with Crippen molar-refractivity contribution in [2.45, 2.75) is 19.3 Å². The van der Waals surface area contributed by atoms with E-state index in [4.69, 9.17) is 4.42 Å². The average Bonchev–Trinajstić information content (AvgIpc) is 3.74. The van der Waals surface area contributed by atoms with Crippen LogP contribution in [0.25, 0.3) is 76.9 Å². The normalized spacial score (nSPS) is 13.1. The number of furan rings is 1. The first kappa shape index (κ1) is 31.6. The Morgan fingerprint density at radius 3 is 2.00 bits per heavy atom. The second kappa shape index (κ2) is 12.1. The Bertz CT molecular complexity index is 3150. The minimum atomic E-state index is -0.0895. The third kappa shape index (κ3) is 4.81. The summed E-state index contributed by atoms with van der Waals surface area (Å²) in [5, 5.41) is 7.01. The molecular weight excluding hydrogens is 667 g/mol. The topological polar surface area (TPSA) is 16.4 Å². The zero-order valence-electron chi connectivity index (χ0n) is 30.8. The quantitative estimate of drug-likeness (QED) is 0.177. The Morgan fingerprint density at radius 1 is 0.436 bits per heavy atom. The molecule has 0 amide bonds. The van der Waals surface area contributed by atoms with E-state index in [0.29, 0.717) is 0 Å². The van der Waals surface area contributed by atoms with E-state index in [0.717, 1.165) is 55.5 Å². The molecule has 11 rings (SSSR count). The summed E-state index contributed by atoms with van der Waals surface area (Å²) >= 11 is 0. The molecule has 1 heterocycles. The monoisotopic (exact) mass is 703 g/mol. The van der Waals surface area contributed by atoms with Gasteiger partial charge in [0.2, 0.25) is 0 Å². The van der Waals surface area contributed by atoms with Crippen LogP contribution in [0.3, 0.4) is 0 Å². The summed E-state index contributed by atoms with van der Waals surface area (Å²) in [4.78, 5) is 2.44. The minimum absolute atomic E-state index is 0.0895. The van der Waals surface area contributed by atoms with Gasteiger partial charge in [0.1, 0.15) is 11.2 Å². The molecule has 0 atom stereocenters. The number of rotatable bonds is 5. The van der Waals surface area contributed by atoms with Gasteiger partial charge in [-0.2, -0.15) is 0 Å². The zero-order chi connectivity index (χ0) is 36.7. The van der Waals surface area contributed by atoms with Gasteiger partial charge in [0.05, 0.1) is 5.69 Å². The molecule has 0 saturated carbocycles. The van der Waals surface area contributed by atoms with Crippen LogP contribution in [0.2, 0.25) is 0 Å². The van der Waals surface area contributed by atoms with Gasteiger partial charge in [-0.05, 0) is 97.6 Å². The Hall–Kier alpha value is -6.90. The highest BCUT2D eigenvalue weighted by molar-refractivity contribution is 6.19. The van der Waals surface area contributed by atoms with Crippen LogP contribution < -0.4 is 4.90 Å². The summed E-state index contributed by atoms with van der Waals surface area (Å²) in [6, 6.07) is 68.5. The Morgan fingerprint density at radius 2 is 1.09 bits per heavy atom. The van der Waals surface area contributed by atoms with E-state index in [1.54, 1.807) is 0 Å². The standard InChI is InChI=1S/C53H37NO/c1-53(2)46-24-9-7-21-44(46)50-43(23-12-25-47(50)53)42-20-8-10-26-48(42)54(39-30-28-34-14-3-4-16-36(34)32-39)38-18-11-17-37(33-38)40-22-13-27-49-51(40)45-31-29-35-15-5-6-19-41(35)52(45)55-49/h3-33H,1-2H3. The van der Waals surface area contributed by atoms with Gasteiger partial charge in [0, 0.05) is 38.5 Å². The Labute approximate surface area is 320 Å². The minimum Gasteiger partial charge on any atom is -0.455 e. The van der Waals surface area contributed by atoms with Crippen molar-refractivity contribution < 1.29 is 4.42 Å².